The number of aromatic amines is 1. The Hall–Kier alpha value is -2.51. The molecule has 2 aliphatic carbocycles. The van der Waals surface area contributed by atoms with Gasteiger partial charge in [-0.15, -0.1) is 12.4 Å². The Labute approximate surface area is 174 Å². The van der Waals surface area contributed by atoms with Gasteiger partial charge in [-0.3, -0.25) is 4.79 Å². The van der Waals surface area contributed by atoms with Crippen LogP contribution in [-0.4, -0.2) is 40.3 Å². The number of benzene rings is 1. The van der Waals surface area contributed by atoms with Crippen LogP contribution in [0.4, 0.5) is 5.69 Å². The van der Waals surface area contributed by atoms with E-state index in [0.717, 1.165) is 49.2 Å². The Morgan fingerprint density at radius 1 is 1.17 bits per heavy atom. The van der Waals surface area contributed by atoms with Crippen LogP contribution in [0.1, 0.15) is 34.3 Å². The smallest absolute Gasteiger partial charge is 0.345 e. The lowest BCUT2D eigenvalue weighted by atomic mass is 9.89. The molecule has 1 aromatic heterocycles. The molecule has 154 valence electrons. The molecule has 3 aliphatic rings. The van der Waals surface area contributed by atoms with Gasteiger partial charge in [-0.1, -0.05) is 6.07 Å². The fourth-order valence-electron chi connectivity index (χ4n) is 4.93. The minimum absolute atomic E-state index is 0. The molecule has 29 heavy (non-hydrogen) atoms. The summed E-state index contributed by atoms with van der Waals surface area (Å²) >= 11 is 0. The lowest BCUT2D eigenvalue weighted by molar-refractivity contribution is 0.0691. The van der Waals surface area contributed by atoms with E-state index in [0.29, 0.717) is 35.6 Å². The van der Waals surface area contributed by atoms with E-state index in [9.17, 15) is 19.8 Å². The van der Waals surface area contributed by atoms with Crippen LogP contribution in [0.5, 0.6) is 5.75 Å². The molecule has 5 rings (SSSR count). The quantitative estimate of drug-likeness (QED) is 0.594. The van der Waals surface area contributed by atoms with Crippen molar-refractivity contribution in [2.45, 2.75) is 31.7 Å². The lowest BCUT2D eigenvalue weighted by Gasteiger charge is -2.24. The van der Waals surface area contributed by atoms with Gasteiger partial charge in [0.1, 0.15) is 5.75 Å². The number of nitrogens with two attached hydrogens (primary N) is 1. The third-order valence-corrected chi connectivity index (χ3v) is 6.61. The molecule has 5 N–H and O–H groups in total. The van der Waals surface area contributed by atoms with E-state index in [1.165, 1.54) is 0 Å². The Morgan fingerprint density at radius 2 is 1.86 bits per heavy atom. The molecule has 2 fully saturated rings. The van der Waals surface area contributed by atoms with Crippen LogP contribution >= 0.6 is 12.4 Å². The highest BCUT2D eigenvalue weighted by molar-refractivity contribution is 5.92. The lowest BCUT2D eigenvalue weighted by Crippen LogP contribution is -2.28. The van der Waals surface area contributed by atoms with Crippen LogP contribution in [0.25, 0.3) is 11.3 Å². The highest BCUT2D eigenvalue weighted by atomic mass is 35.5. The summed E-state index contributed by atoms with van der Waals surface area (Å²) in [5, 5.41) is 19.8. The van der Waals surface area contributed by atoms with Crippen LogP contribution < -0.4 is 16.2 Å². The van der Waals surface area contributed by atoms with Gasteiger partial charge >= 0.3 is 5.97 Å². The van der Waals surface area contributed by atoms with Crippen molar-refractivity contribution >= 4 is 24.1 Å². The molecule has 1 aromatic carbocycles. The molecule has 0 spiro atoms. The molecule has 3 atom stereocenters. The maximum atomic E-state index is 12.3. The molecule has 0 radical (unpaired) electrons. The number of anilines is 1. The number of pyridine rings is 1. The number of carboxylic acid groups (broad SMARTS) is 1. The van der Waals surface area contributed by atoms with Crippen LogP contribution in [-0.2, 0) is 12.8 Å². The fourth-order valence-corrected chi connectivity index (χ4v) is 4.93. The summed E-state index contributed by atoms with van der Waals surface area (Å²) < 4.78 is 0. The molecular weight excluding hydrogens is 394 g/mol. The van der Waals surface area contributed by atoms with Crippen molar-refractivity contribution in [2.24, 2.45) is 17.6 Å². The number of hydrogen-bond donors (Lipinski definition) is 4. The van der Waals surface area contributed by atoms with E-state index in [2.05, 4.69) is 16.0 Å². The number of fused-ring (bicyclic) bond motifs is 4. The summed E-state index contributed by atoms with van der Waals surface area (Å²) in [5.41, 5.74) is 8.89. The van der Waals surface area contributed by atoms with E-state index in [4.69, 9.17) is 5.73 Å². The standard InChI is InChI=1S/C21H23N3O4.ClH/c22-17-14-8-24(9-15(14)17)11-5-6-12-10(7-11)3-1-2-4-13-18(12)23-20(26)16(19(13)25)21(27)28;/h5-7,14-15,17H,1-4,8-9,22H2,(H,27,28)(H2,23,25,26);1H/t14-,15+,17+;. The zero-order chi connectivity index (χ0) is 19.6. The molecule has 2 heterocycles. The fraction of sp³-hybridized carbons (Fsp3) is 0.429. The maximum Gasteiger partial charge on any atom is 0.345 e. The number of aromatic hydroxyl groups is 1. The second kappa shape index (κ2) is 7.07. The van der Waals surface area contributed by atoms with Gasteiger partial charge in [0.15, 0.2) is 5.56 Å². The van der Waals surface area contributed by atoms with Gasteiger partial charge in [-0.05, 0) is 55.2 Å². The topological polar surface area (TPSA) is 120 Å². The zero-order valence-electron chi connectivity index (χ0n) is 15.9. The first-order chi connectivity index (χ1) is 13.5. The number of hydrogen-bond acceptors (Lipinski definition) is 5. The molecule has 1 saturated carbocycles. The molecule has 1 saturated heterocycles. The van der Waals surface area contributed by atoms with E-state index >= 15 is 0 Å². The number of carbonyl (C=O) groups is 1. The van der Waals surface area contributed by atoms with Gasteiger partial charge in [-0.2, -0.15) is 0 Å². The van der Waals surface area contributed by atoms with Gasteiger partial charge in [0, 0.05) is 35.9 Å². The summed E-state index contributed by atoms with van der Waals surface area (Å²) in [6.07, 6.45) is 3.17. The van der Waals surface area contributed by atoms with Crippen molar-refractivity contribution in [3.05, 3.63) is 45.2 Å². The predicted molar refractivity (Wildman–Crippen MR) is 112 cm³/mol. The third kappa shape index (κ3) is 3.09. The Kier molecular flexibility index (Phi) is 4.83. The molecule has 0 bridgehead atoms. The van der Waals surface area contributed by atoms with Crippen molar-refractivity contribution in [1.29, 1.82) is 0 Å². The number of aryl methyl sites for hydroxylation is 1. The van der Waals surface area contributed by atoms with Gasteiger partial charge in [0.05, 0.1) is 5.69 Å². The first-order valence-electron chi connectivity index (χ1n) is 9.81. The summed E-state index contributed by atoms with van der Waals surface area (Å²) in [7, 11) is 0. The Balaban J connectivity index is 0.00000205. The van der Waals surface area contributed by atoms with Crippen LogP contribution in [0, 0.1) is 11.8 Å². The molecule has 8 heteroatoms. The average Bonchev–Trinajstić information content (AvgIpc) is 3.03. The molecule has 1 aliphatic heterocycles. The first-order valence-corrected chi connectivity index (χ1v) is 9.81. The van der Waals surface area contributed by atoms with E-state index < -0.39 is 22.8 Å². The average molecular weight is 418 g/mol. The number of piperidine rings is 1. The monoisotopic (exact) mass is 417 g/mol. The Bertz CT molecular complexity index is 1040. The van der Waals surface area contributed by atoms with E-state index in [-0.39, 0.29) is 12.4 Å². The van der Waals surface area contributed by atoms with Crippen molar-refractivity contribution in [2.75, 3.05) is 18.0 Å². The minimum Gasteiger partial charge on any atom is -0.506 e. The number of aromatic nitrogens is 1. The number of H-pyrrole nitrogens is 1. The molecule has 2 aromatic rings. The van der Waals surface area contributed by atoms with Crippen LogP contribution in [0.2, 0.25) is 0 Å². The molecule has 7 nitrogen and oxygen atoms in total. The number of aromatic carboxylic acids is 1. The van der Waals surface area contributed by atoms with Crippen molar-refractivity contribution in [3.63, 3.8) is 0 Å². The number of carboxylic acids is 1. The normalized spacial score (nSPS) is 24.4. The van der Waals surface area contributed by atoms with Gasteiger partial charge in [-0.25, -0.2) is 4.79 Å². The largest absolute Gasteiger partial charge is 0.506 e. The van der Waals surface area contributed by atoms with E-state index in [1.54, 1.807) is 0 Å². The van der Waals surface area contributed by atoms with Crippen molar-refractivity contribution in [3.8, 4) is 17.0 Å². The summed E-state index contributed by atoms with van der Waals surface area (Å²) in [5.74, 6) is -0.613. The van der Waals surface area contributed by atoms with Gasteiger partial charge in [0.25, 0.3) is 5.56 Å². The van der Waals surface area contributed by atoms with E-state index in [1.807, 2.05) is 12.1 Å². The summed E-state index contributed by atoms with van der Waals surface area (Å²) in [6.45, 7) is 1.97. The molecular formula is C21H24ClN3O4. The summed E-state index contributed by atoms with van der Waals surface area (Å²) in [4.78, 5) is 28.8. The van der Waals surface area contributed by atoms with Crippen molar-refractivity contribution in [1.82, 2.24) is 4.98 Å². The first kappa shape index (κ1) is 19.8. The van der Waals surface area contributed by atoms with Gasteiger partial charge < -0.3 is 25.8 Å². The zero-order valence-corrected chi connectivity index (χ0v) is 16.7. The number of halogens is 1. The highest BCUT2D eigenvalue weighted by Crippen LogP contribution is 2.46. The van der Waals surface area contributed by atoms with Crippen molar-refractivity contribution < 1.29 is 15.0 Å². The highest BCUT2D eigenvalue weighted by Gasteiger charge is 2.53. The number of rotatable bonds is 2. The van der Waals surface area contributed by atoms with Gasteiger partial charge in [0.2, 0.25) is 0 Å². The second-order valence-corrected chi connectivity index (χ2v) is 8.20. The number of nitrogens with one attached hydrogen (secondary N) is 1. The van der Waals surface area contributed by atoms with Crippen LogP contribution in [0.15, 0.2) is 23.0 Å². The van der Waals surface area contributed by atoms with Crippen LogP contribution in [0.3, 0.4) is 0 Å². The summed E-state index contributed by atoms with van der Waals surface area (Å²) in [6, 6.07) is 6.54. The molecule has 0 unspecified atom stereocenters. The SMILES string of the molecule is Cl.N[C@@H]1[C@H]2CN(c3ccc4c(c3)CCCCc3c-4[nH]c(=O)c(C(=O)O)c3O)C[C@@H]12. The Morgan fingerprint density at radius 3 is 2.55 bits per heavy atom. The molecule has 0 amide bonds. The third-order valence-electron chi connectivity index (χ3n) is 6.61. The second-order valence-electron chi connectivity index (χ2n) is 8.20. The number of nitrogens with zero attached hydrogens (tertiary/aromatic N) is 1. The predicted octanol–water partition coefficient (Wildman–Crippen LogP) is 2.14. The maximum absolute atomic E-state index is 12.3. The minimum atomic E-state index is -1.41.